The van der Waals surface area contributed by atoms with Crippen molar-refractivity contribution in [2.24, 2.45) is 0 Å². The molecule has 0 amide bonds. The summed E-state index contributed by atoms with van der Waals surface area (Å²) >= 11 is 0. The number of carbonyl (C=O) groups is 1. The molecule has 94 valence electrons. The Bertz CT molecular complexity index is 483. The molecule has 0 unspecified atom stereocenters. The Hall–Kier alpha value is -2.28. The number of hydrogen-bond acceptors (Lipinski definition) is 6. The maximum absolute atomic E-state index is 10.5. The molecule has 1 N–H and O–H groups in total. The zero-order valence-corrected chi connectivity index (χ0v) is 9.51. The molecular formula is C11H12N4O3. The van der Waals surface area contributed by atoms with Gasteiger partial charge in [-0.05, 0) is 34.7 Å². The van der Waals surface area contributed by atoms with Crippen LogP contribution in [0, 0.1) is 0 Å². The van der Waals surface area contributed by atoms with E-state index in [9.17, 15) is 9.90 Å². The van der Waals surface area contributed by atoms with Crippen molar-refractivity contribution in [1.82, 2.24) is 20.2 Å². The number of aromatic nitrogens is 4. The lowest BCUT2D eigenvalue weighted by Gasteiger charge is -2.11. The van der Waals surface area contributed by atoms with Crippen molar-refractivity contribution in [1.29, 1.82) is 0 Å². The number of aliphatic hydroxyl groups excluding tert-OH is 1. The third-order valence-electron chi connectivity index (χ3n) is 2.25. The van der Waals surface area contributed by atoms with Gasteiger partial charge in [-0.15, -0.1) is 5.10 Å². The normalized spacial score (nSPS) is 12.1. The van der Waals surface area contributed by atoms with Crippen molar-refractivity contribution in [3.05, 3.63) is 36.2 Å². The minimum absolute atomic E-state index is 0.125. The third kappa shape index (κ3) is 3.36. The zero-order valence-electron chi connectivity index (χ0n) is 9.51. The van der Waals surface area contributed by atoms with E-state index in [1.54, 1.807) is 24.3 Å². The summed E-state index contributed by atoms with van der Waals surface area (Å²) in [5.41, 5.74) is 0.580. The summed E-state index contributed by atoms with van der Waals surface area (Å²) in [6.45, 7) is 0.389. The van der Waals surface area contributed by atoms with Gasteiger partial charge in [-0.25, -0.2) is 4.68 Å². The van der Waals surface area contributed by atoms with Crippen LogP contribution in [-0.4, -0.2) is 44.3 Å². The Morgan fingerprint density at radius 1 is 1.39 bits per heavy atom. The second-order valence-corrected chi connectivity index (χ2v) is 3.68. The zero-order chi connectivity index (χ0) is 12.8. The standard InChI is InChI=1S/C11H12N4O3/c16-6-9-1-3-11(4-2-9)18-7-10(17)5-15-8-12-13-14-15/h1-4,6,8,10,17H,5,7H2/t10-/m0/s1. The third-order valence-corrected chi connectivity index (χ3v) is 2.25. The van der Waals surface area contributed by atoms with Crippen LogP contribution in [0.1, 0.15) is 10.4 Å². The first-order valence-electron chi connectivity index (χ1n) is 5.35. The number of rotatable bonds is 6. The lowest BCUT2D eigenvalue weighted by atomic mass is 10.2. The Balaban J connectivity index is 1.81. The van der Waals surface area contributed by atoms with E-state index < -0.39 is 6.10 Å². The van der Waals surface area contributed by atoms with E-state index in [0.717, 1.165) is 6.29 Å². The fourth-order valence-electron chi connectivity index (χ4n) is 1.37. The molecule has 2 aromatic rings. The van der Waals surface area contributed by atoms with E-state index in [4.69, 9.17) is 4.74 Å². The molecule has 1 heterocycles. The molecule has 1 aromatic carbocycles. The van der Waals surface area contributed by atoms with Gasteiger partial charge in [0.15, 0.2) is 0 Å². The summed E-state index contributed by atoms with van der Waals surface area (Å²) in [7, 11) is 0. The monoisotopic (exact) mass is 248 g/mol. The topological polar surface area (TPSA) is 90.1 Å². The lowest BCUT2D eigenvalue weighted by molar-refractivity contribution is 0.0887. The lowest BCUT2D eigenvalue weighted by Crippen LogP contribution is -2.23. The van der Waals surface area contributed by atoms with Gasteiger partial charge in [0.1, 0.15) is 31.1 Å². The average Bonchev–Trinajstić information content (AvgIpc) is 2.90. The number of benzene rings is 1. The molecule has 0 radical (unpaired) electrons. The van der Waals surface area contributed by atoms with Gasteiger partial charge in [-0.2, -0.15) is 0 Å². The van der Waals surface area contributed by atoms with Crippen molar-refractivity contribution in [2.75, 3.05) is 6.61 Å². The molecule has 0 aliphatic rings. The van der Waals surface area contributed by atoms with Crippen LogP contribution in [0.4, 0.5) is 0 Å². The van der Waals surface area contributed by atoms with Crippen molar-refractivity contribution < 1.29 is 14.6 Å². The van der Waals surface area contributed by atoms with Crippen LogP contribution < -0.4 is 4.74 Å². The summed E-state index contributed by atoms with van der Waals surface area (Å²) < 4.78 is 6.79. The highest BCUT2D eigenvalue weighted by molar-refractivity contribution is 5.74. The molecule has 7 nitrogen and oxygen atoms in total. The first kappa shape index (κ1) is 12.2. The van der Waals surface area contributed by atoms with Gasteiger partial charge in [0, 0.05) is 5.56 Å². The van der Waals surface area contributed by atoms with Crippen molar-refractivity contribution in [3.63, 3.8) is 0 Å². The second kappa shape index (κ2) is 5.87. The Morgan fingerprint density at radius 3 is 2.78 bits per heavy atom. The molecule has 18 heavy (non-hydrogen) atoms. The van der Waals surface area contributed by atoms with E-state index in [-0.39, 0.29) is 13.2 Å². The highest BCUT2D eigenvalue weighted by Crippen LogP contribution is 2.11. The first-order valence-corrected chi connectivity index (χ1v) is 5.35. The SMILES string of the molecule is O=Cc1ccc(OC[C@@H](O)Cn2cnnn2)cc1. The van der Waals surface area contributed by atoms with Crippen molar-refractivity contribution >= 4 is 6.29 Å². The summed E-state index contributed by atoms with van der Waals surface area (Å²) in [5, 5.41) is 20.2. The molecule has 0 saturated carbocycles. The Kier molecular flexibility index (Phi) is 3.98. The van der Waals surface area contributed by atoms with E-state index in [1.165, 1.54) is 11.0 Å². The molecule has 0 aliphatic carbocycles. The van der Waals surface area contributed by atoms with Crippen LogP contribution in [0.15, 0.2) is 30.6 Å². The van der Waals surface area contributed by atoms with Crippen LogP contribution in [0.2, 0.25) is 0 Å². The highest BCUT2D eigenvalue weighted by atomic mass is 16.5. The van der Waals surface area contributed by atoms with Gasteiger partial charge in [0.05, 0.1) is 6.54 Å². The van der Waals surface area contributed by atoms with Gasteiger partial charge in [-0.3, -0.25) is 4.79 Å². The van der Waals surface area contributed by atoms with Gasteiger partial charge < -0.3 is 9.84 Å². The number of ether oxygens (including phenoxy) is 1. The predicted molar refractivity (Wildman–Crippen MR) is 61.1 cm³/mol. The second-order valence-electron chi connectivity index (χ2n) is 3.68. The largest absolute Gasteiger partial charge is 0.491 e. The van der Waals surface area contributed by atoms with E-state index in [2.05, 4.69) is 15.5 Å². The maximum atomic E-state index is 10.5. The van der Waals surface area contributed by atoms with E-state index >= 15 is 0 Å². The fraction of sp³-hybridized carbons (Fsp3) is 0.273. The number of tetrazole rings is 1. The number of aliphatic hydroxyl groups is 1. The van der Waals surface area contributed by atoms with Crippen LogP contribution >= 0.6 is 0 Å². The molecule has 0 saturated heterocycles. The smallest absolute Gasteiger partial charge is 0.150 e. The summed E-state index contributed by atoms with van der Waals surface area (Å²) in [4.78, 5) is 10.5. The molecule has 0 bridgehead atoms. The molecular weight excluding hydrogens is 236 g/mol. The van der Waals surface area contributed by atoms with Crippen LogP contribution in [0.25, 0.3) is 0 Å². The van der Waals surface area contributed by atoms with E-state index in [0.29, 0.717) is 11.3 Å². The highest BCUT2D eigenvalue weighted by Gasteiger charge is 2.07. The molecule has 2 rings (SSSR count). The molecule has 7 heteroatoms. The molecule has 0 spiro atoms. The van der Waals surface area contributed by atoms with Gasteiger partial charge in [0.2, 0.25) is 0 Å². The summed E-state index contributed by atoms with van der Waals surface area (Å²) in [6, 6.07) is 6.65. The fourth-order valence-corrected chi connectivity index (χ4v) is 1.37. The molecule has 1 atom stereocenters. The summed E-state index contributed by atoms with van der Waals surface area (Å²) in [6.07, 6.45) is 1.47. The number of hydrogen-bond donors (Lipinski definition) is 1. The van der Waals surface area contributed by atoms with Gasteiger partial charge >= 0.3 is 0 Å². The van der Waals surface area contributed by atoms with Crippen LogP contribution in [0.5, 0.6) is 5.75 Å². The van der Waals surface area contributed by atoms with Crippen LogP contribution in [-0.2, 0) is 6.54 Å². The van der Waals surface area contributed by atoms with Gasteiger partial charge in [0.25, 0.3) is 0 Å². The minimum atomic E-state index is -0.709. The predicted octanol–water partition coefficient (Wildman–Crippen LogP) is -0.0745. The number of nitrogens with zero attached hydrogens (tertiary/aromatic N) is 4. The molecule has 0 fully saturated rings. The number of carbonyl (C=O) groups excluding carboxylic acids is 1. The maximum Gasteiger partial charge on any atom is 0.150 e. The average molecular weight is 248 g/mol. The quantitative estimate of drug-likeness (QED) is 0.719. The Morgan fingerprint density at radius 2 is 2.17 bits per heavy atom. The number of aldehydes is 1. The molecule has 1 aromatic heterocycles. The van der Waals surface area contributed by atoms with Crippen molar-refractivity contribution in [2.45, 2.75) is 12.6 Å². The molecule has 0 aliphatic heterocycles. The van der Waals surface area contributed by atoms with E-state index in [1.807, 2.05) is 0 Å². The minimum Gasteiger partial charge on any atom is -0.491 e. The van der Waals surface area contributed by atoms with Crippen molar-refractivity contribution in [3.8, 4) is 5.75 Å². The Labute approximate surface area is 103 Å². The van der Waals surface area contributed by atoms with Crippen LogP contribution in [0.3, 0.4) is 0 Å². The first-order chi connectivity index (χ1) is 8.78. The van der Waals surface area contributed by atoms with Gasteiger partial charge in [-0.1, -0.05) is 0 Å². The summed E-state index contributed by atoms with van der Waals surface area (Å²) in [5.74, 6) is 0.594.